The predicted octanol–water partition coefficient (Wildman–Crippen LogP) is 2.73. The molecule has 96 valence electrons. The van der Waals surface area contributed by atoms with Crippen LogP contribution in [0.25, 0.3) is 0 Å². The molecule has 1 aromatic carbocycles. The number of ketones is 1. The Morgan fingerprint density at radius 3 is 2.33 bits per heavy atom. The van der Waals surface area contributed by atoms with Gasteiger partial charge in [-0.3, -0.25) is 4.79 Å². The number of rotatable bonds is 3. The van der Waals surface area contributed by atoms with Crippen LogP contribution in [0.3, 0.4) is 0 Å². The summed E-state index contributed by atoms with van der Waals surface area (Å²) < 4.78 is 24.7. The molecule has 0 saturated heterocycles. The number of carbonyl (C=O) groups is 1. The van der Waals surface area contributed by atoms with Crippen molar-refractivity contribution >= 4 is 15.6 Å². The third-order valence-corrected chi connectivity index (χ3v) is 5.48. The van der Waals surface area contributed by atoms with E-state index in [4.69, 9.17) is 0 Å². The fourth-order valence-electron chi connectivity index (χ4n) is 2.12. The van der Waals surface area contributed by atoms with Gasteiger partial charge in [0.1, 0.15) is 5.78 Å². The van der Waals surface area contributed by atoms with Crippen LogP contribution in [0.2, 0.25) is 0 Å². The molecule has 1 atom stereocenters. The number of benzene rings is 1. The lowest BCUT2D eigenvalue weighted by atomic mass is 9.86. The van der Waals surface area contributed by atoms with E-state index in [-0.39, 0.29) is 5.78 Å². The minimum absolute atomic E-state index is 0.0146. The molecule has 0 saturated carbocycles. The van der Waals surface area contributed by atoms with Crippen LogP contribution in [0.4, 0.5) is 0 Å². The van der Waals surface area contributed by atoms with Crippen molar-refractivity contribution < 1.29 is 13.2 Å². The van der Waals surface area contributed by atoms with Gasteiger partial charge in [0, 0.05) is 10.3 Å². The maximum absolute atomic E-state index is 12.4. The number of carbonyl (C=O) groups excluding carboxylic acids is 1. The SMILES string of the molecule is CC(=O)C1(C)C=C(S(=O)(=O)c2ccccc2)CC1. The third kappa shape index (κ3) is 2.12. The highest BCUT2D eigenvalue weighted by molar-refractivity contribution is 7.95. The molecular weight excluding hydrogens is 248 g/mol. The molecule has 0 fully saturated rings. The standard InChI is InChI=1S/C14H16O3S/c1-11(15)14(2)9-8-13(10-14)18(16,17)12-6-4-3-5-7-12/h3-7,10H,8-9H2,1-2H3. The highest BCUT2D eigenvalue weighted by Crippen LogP contribution is 2.40. The first-order valence-corrected chi connectivity index (χ1v) is 7.37. The molecule has 3 nitrogen and oxygen atoms in total. The molecule has 0 amide bonds. The maximum Gasteiger partial charge on any atom is 0.202 e. The Labute approximate surface area is 107 Å². The van der Waals surface area contributed by atoms with Gasteiger partial charge >= 0.3 is 0 Å². The first-order valence-electron chi connectivity index (χ1n) is 5.89. The fourth-order valence-corrected chi connectivity index (χ4v) is 3.73. The van der Waals surface area contributed by atoms with E-state index in [1.807, 2.05) is 0 Å². The second kappa shape index (κ2) is 4.35. The van der Waals surface area contributed by atoms with Gasteiger partial charge in [-0.15, -0.1) is 0 Å². The van der Waals surface area contributed by atoms with Gasteiger partial charge in [-0.25, -0.2) is 8.42 Å². The smallest absolute Gasteiger partial charge is 0.202 e. The monoisotopic (exact) mass is 264 g/mol. The summed E-state index contributed by atoms with van der Waals surface area (Å²) in [6.45, 7) is 3.30. The van der Waals surface area contributed by atoms with Crippen molar-refractivity contribution in [1.29, 1.82) is 0 Å². The van der Waals surface area contributed by atoms with E-state index < -0.39 is 15.3 Å². The number of Topliss-reactive ketones (excluding diaryl/α,β-unsaturated/α-hetero) is 1. The van der Waals surface area contributed by atoms with Gasteiger partial charge in [0.15, 0.2) is 0 Å². The number of sulfone groups is 1. The lowest BCUT2D eigenvalue weighted by Gasteiger charge is -2.15. The number of allylic oxidation sites excluding steroid dienone is 2. The molecule has 0 heterocycles. The second-order valence-electron chi connectivity index (χ2n) is 4.90. The summed E-state index contributed by atoms with van der Waals surface area (Å²) in [5.74, 6) is 0.0146. The average Bonchev–Trinajstić information content (AvgIpc) is 2.75. The van der Waals surface area contributed by atoms with Crippen molar-refractivity contribution in [1.82, 2.24) is 0 Å². The Hall–Kier alpha value is -1.42. The molecule has 1 unspecified atom stereocenters. The summed E-state index contributed by atoms with van der Waals surface area (Å²) in [7, 11) is -3.43. The van der Waals surface area contributed by atoms with E-state index >= 15 is 0 Å². The summed E-state index contributed by atoms with van der Waals surface area (Å²) in [6, 6.07) is 8.35. The van der Waals surface area contributed by atoms with Crippen LogP contribution in [0.1, 0.15) is 26.7 Å². The highest BCUT2D eigenvalue weighted by Gasteiger charge is 2.37. The van der Waals surface area contributed by atoms with Crippen LogP contribution >= 0.6 is 0 Å². The van der Waals surface area contributed by atoms with Gasteiger partial charge in [-0.2, -0.15) is 0 Å². The Kier molecular flexibility index (Phi) is 3.15. The van der Waals surface area contributed by atoms with Crippen molar-refractivity contribution in [3.8, 4) is 0 Å². The number of hydrogen-bond donors (Lipinski definition) is 0. The van der Waals surface area contributed by atoms with E-state index in [1.54, 1.807) is 43.3 Å². The summed E-state index contributed by atoms with van der Waals surface area (Å²) in [5.41, 5.74) is -0.628. The summed E-state index contributed by atoms with van der Waals surface area (Å²) in [4.78, 5) is 12.2. The van der Waals surface area contributed by atoms with E-state index in [9.17, 15) is 13.2 Å². The molecule has 4 heteroatoms. The molecule has 0 bridgehead atoms. The molecular formula is C14H16O3S. The van der Waals surface area contributed by atoms with Crippen LogP contribution in [0, 0.1) is 5.41 Å². The predicted molar refractivity (Wildman–Crippen MR) is 69.7 cm³/mol. The van der Waals surface area contributed by atoms with E-state index in [1.165, 1.54) is 6.92 Å². The lowest BCUT2D eigenvalue weighted by Crippen LogP contribution is -2.19. The summed E-state index contributed by atoms with van der Waals surface area (Å²) in [5, 5.41) is 0. The Balaban J connectivity index is 2.43. The van der Waals surface area contributed by atoms with Crippen LogP contribution in [-0.2, 0) is 14.6 Å². The van der Waals surface area contributed by atoms with Crippen LogP contribution in [0.5, 0.6) is 0 Å². The van der Waals surface area contributed by atoms with Crippen molar-refractivity contribution in [2.75, 3.05) is 0 Å². The van der Waals surface area contributed by atoms with Crippen molar-refractivity contribution in [2.45, 2.75) is 31.6 Å². The topological polar surface area (TPSA) is 51.2 Å². The first-order chi connectivity index (χ1) is 8.36. The quantitative estimate of drug-likeness (QED) is 0.843. The summed E-state index contributed by atoms with van der Waals surface area (Å²) >= 11 is 0. The molecule has 1 aliphatic rings. The molecule has 2 rings (SSSR count). The highest BCUT2D eigenvalue weighted by atomic mass is 32.2. The van der Waals surface area contributed by atoms with E-state index in [0.29, 0.717) is 22.6 Å². The zero-order valence-corrected chi connectivity index (χ0v) is 11.3. The van der Waals surface area contributed by atoms with E-state index in [0.717, 1.165) is 0 Å². The van der Waals surface area contributed by atoms with Crippen molar-refractivity contribution in [2.24, 2.45) is 5.41 Å². The Bertz CT molecular complexity index is 599. The minimum atomic E-state index is -3.43. The van der Waals surface area contributed by atoms with Gasteiger partial charge < -0.3 is 0 Å². The first kappa shape index (κ1) is 13.0. The lowest BCUT2D eigenvalue weighted by molar-refractivity contribution is -0.123. The minimum Gasteiger partial charge on any atom is -0.299 e. The summed E-state index contributed by atoms with van der Waals surface area (Å²) in [6.07, 6.45) is 2.63. The molecule has 1 aromatic rings. The zero-order valence-electron chi connectivity index (χ0n) is 10.5. The Morgan fingerprint density at radius 2 is 1.83 bits per heavy atom. The van der Waals surface area contributed by atoms with Gasteiger partial charge in [0.25, 0.3) is 0 Å². The van der Waals surface area contributed by atoms with Crippen LogP contribution < -0.4 is 0 Å². The largest absolute Gasteiger partial charge is 0.299 e. The molecule has 0 radical (unpaired) electrons. The van der Waals surface area contributed by atoms with Gasteiger partial charge in [-0.1, -0.05) is 24.3 Å². The van der Waals surface area contributed by atoms with E-state index in [2.05, 4.69) is 0 Å². The maximum atomic E-state index is 12.4. The molecule has 0 N–H and O–H groups in total. The van der Waals surface area contributed by atoms with Gasteiger partial charge in [0.05, 0.1) is 4.90 Å². The molecule has 0 aliphatic heterocycles. The number of hydrogen-bond acceptors (Lipinski definition) is 3. The van der Waals surface area contributed by atoms with Crippen molar-refractivity contribution in [3.05, 3.63) is 41.3 Å². The van der Waals surface area contributed by atoms with Gasteiger partial charge in [0.2, 0.25) is 9.84 Å². The van der Waals surface area contributed by atoms with Gasteiger partial charge in [-0.05, 0) is 38.8 Å². The normalized spacial score (nSPS) is 23.8. The Morgan fingerprint density at radius 1 is 1.22 bits per heavy atom. The van der Waals surface area contributed by atoms with Crippen LogP contribution in [-0.4, -0.2) is 14.2 Å². The molecule has 18 heavy (non-hydrogen) atoms. The van der Waals surface area contributed by atoms with Crippen LogP contribution in [0.15, 0.2) is 46.2 Å². The molecule has 0 aromatic heterocycles. The average molecular weight is 264 g/mol. The zero-order chi connectivity index (χ0) is 13.4. The molecule has 1 aliphatic carbocycles. The second-order valence-corrected chi connectivity index (χ2v) is 6.90. The molecule has 0 spiro atoms. The third-order valence-electron chi connectivity index (χ3n) is 3.57. The fraction of sp³-hybridized carbons (Fsp3) is 0.357. The van der Waals surface area contributed by atoms with Crippen molar-refractivity contribution in [3.63, 3.8) is 0 Å².